The lowest BCUT2D eigenvalue weighted by Gasteiger charge is -2.31. The highest BCUT2D eigenvalue weighted by atomic mass is 14.2. The Bertz CT molecular complexity index is 2190. The third-order valence-corrected chi connectivity index (χ3v) is 9.10. The van der Waals surface area contributed by atoms with Crippen molar-refractivity contribution in [3.8, 4) is 33.4 Å². The molecule has 0 radical (unpaired) electrons. The molecule has 0 nitrogen and oxygen atoms in total. The molecule has 8 aromatic rings. The molecule has 9 rings (SSSR count). The van der Waals surface area contributed by atoms with Crippen molar-refractivity contribution in [1.82, 2.24) is 0 Å². The van der Waals surface area contributed by atoms with Crippen molar-refractivity contribution in [2.75, 3.05) is 0 Å². The fourth-order valence-corrected chi connectivity index (χ4v) is 7.42. The van der Waals surface area contributed by atoms with E-state index in [2.05, 4.69) is 152 Å². The van der Waals surface area contributed by atoms with Crippen LogP contribution in [0.4, 0.5) is 0 Å². The zero-order chi connectivity index (χ0) is 26.9. The fourth-order valence-electron chi connectivity index (χ4n) is 7.42. The van der Waals surface area contributed by atoms with Gasteiger partial charge in [-0.1, -0.05) is 168 Å². The fraction of sp³-hybridized carbons (Fsp3) is 0. The highest BCUT2D eigenvalue weighted by molar-refractivity contribution is 7.00. The number of benzene rings is 8. The van der Waals surface area contributed by atoms with Crippen LogP contribution in [0.3, 0.4) is 0 Å². The number of rotatable bonds is 3. The molecule has 0 atom stereocenters. The standard InChI is InChI=1S/C40H25B/c1-3-11-26(12-4-1)31-18-10-19-32(27-13-5-2-6-14-27)40(31)41-35-20-8-7-17-33(35)34-24-23-29-22-21-28-15-9-16-30-25-36(41)39(34)38(29)37(28)30/h1-25H. The summed E-state index contributed by atoms with van der Waals surface area (Å²) in [5.74, 6) is 0. The number of hydrogen-bond donors (Lipinski definition) is 0. The van der Waals surface area contributed by atoms with Crippen molar-refractivity contribution in [3.05, 3.63) is 152 Å². The second-order valence-electron chi connectivity index (χ2n) is 11.2. The first-order valence-electron chi connectivity index (χ1n) is 14.4. The molecule has 1 aliphatic rings. The van der Waals surface area contributed by atoms with Crippen molar-refractivity contribution >= 4 is 55.4 Å². The first-order valence-corrected chi connectivity index (χ1v) is 14.4. The molecule has 0 N–H and O–H groups in total. The summed E-state index contributed by atoms with van der Waals surface area (Å²) in [6, 6.07) is 56.2. The molecular weight excluding hydrogens is 491 g/mol. The minimum absolute atomic E-state index is 0.0829. The Kier molecular flexibility index (Phi) is 4.80. The van der Waals surface area contributed by atoms with E-state index < -0.39 is 0 Å². The largest absolute Gasteiger partial charge is 0.244 e. The second-order valence-corrected chi connectivity index (χ2v) is 11.2. The van der Waals surface area contributed by atoms with E-state index in [1.807, 2.05) is 0 Å². The van der Waals surface area contributed by atoms with Gasteiger partial charge in [0.05, 0.1) is 0 Å². The summed E-state index contributed by atoms with van der Waals surface area (Å²) in [5, 5.41) is 8.11. The zero-order valence-electron chi connectivity index (χ0n) is 22.5. The average molecular weight is 516 g/mol. The van der Waals surface area contributed by atoms with E-state index in [9.17, 15) is 0 Å². The van der Waals surface area contributed by atoms with Crippen molar-refractivity contribution < 1.29 is 0 Å². The topological polar surface area (TPSA) is 0 Å². The molecule has 0 amide bonds. The smallest absolute Gasteiger partial charge is 0.0664 e. The number of hydrogen-bond acceptors (Lipinski definition) is 0. The van der Waals surface area contributed by atoms with Gasteiger partial charge in [-0.3, -0.25) is 0 Å². The minimum Gasteiger partial charge on any atom is -0.0664 e. The predicted octanol–water partition coefficient (Wildman–Crippen LogP) is 8.41. The second kappa shape index (κ2) is 8.68. The third kappa shape index (κ3) is 3.24. The van der Waals surface area contributed by atoms with Crippen molar-refractivity contribution in [2.45, 2.75) is 0 Å². The van der Waals surface area contributed by atoms with Crippen LogP contribution in [-0.2, 0) is 0 Å². The summed E-state index contributed by atoms with van der Waals surface area (Å²) in [7, 11) is 0. The van der Waals surface area contributed by atoms with Gasteiger partial charge < -0.3 is 0 Å². The lowest BCUT2D eigenvalue weighted by molar-refractivity contribution is 1.61. The molecular formula is C40H25B. The first-order chi connectivity index (χ1) is 20.4. The lowest BCUT2D eigenvalue weighted by Crippen LogP contribution is -2.56. The molecule has 0 bridgehead atoms. The summed E-state index contributed by atoms with van der Waals surface area (Å²) in [6.45, 7) is 0.0829. The molecule has 188 valence electrons. The maximum absolute atomic E-state index is 2.49. The van der Waals surface area contributed by atoms with Gasteiger partial charge in [-0.15, -0.1) is 0 Å². The van der Waals surface area contributed by atoms with E-state index in [0.717, 1.165) is 0 Å². The Balaban J connectivity index is 1.49. The SMILES string of the molecule is c1ccc(-c2cccc(-c3ccccc3)c2B2c3ccccc3-c3ccc4ccc5cccc6cc2c3c4c56)cc1. The van der Waals surface area contributed by atoms with Gasteiger partial charge in [0, 0.05) is 0 Å². The number of fused-ring (bicyclic) bond motifs is 2. The van der Waals surface area contributed by atoms with Crippen molar-refractivity contribution in [2.24, 2.45) is 0 Å². The van der Waals surface area contributed by atoms with Gasteiger partial charge in [-0.05, 0) is 65.7 Å². The van der Waals surface area contributed by atoms with Crippen LogP contribution in [0.15, 0.2) is 152 Å². The molecule has 1 heterocycles. The summed E-state index contributed by atoms with van der Waals surface area (Å²) in [4.78, 5) is 0. The van der Waals surface area contributed by atoms with Gasteiger partial charge in [0.1, 0.15) is 0 Å². The predicted molar refractivity (Wildman–Crippen MR) is 178 cm³/mol. The molecule has 0 spiro atoms. The van der Waals surface area contributed by atoms with Gasteiger partial charge in [0.15, 0.2) is 0 Å². The quantitative estimate of drug-likeness (QED) is 0.163. The highest BCUT2D eigenvalue weighted by Crippen LogP contribution is 2.40. The molecule has 0 aromatic heterocycles. The van der Waals surface area contributed by atoms with E-state index in [1.165, 1.54) is 82.1 Å². The van der Waals surface area contributed by atoms with Gasteiger partial charge in [-0.2, -0.15) is 0 Å². The Morgan fingerprint density at radius 1 is 0.317 bits per heavy atom. The van der Waals surface area contributed by atoms with Crippen LogP contribution in [-0.4, -0.2) is 6.71 Å². The Morgan fingerprint density at radius 3 is 1.61 bits per heavy atom. The first kappa shape index (κ1) is 22.7. The van der Waals surface area contributed by atoms with Crippen molar-refractivity contribution in [1.29, 1.82) is 0 Å². The van der Waals surface area contributed by atoms with Crippen LogP contribution in [0.25, 0.3) is 65.7 Å². The Hall–Kier alpha value is -5.14. The van der Waals surface area contributed by atoms with Crippen LogP contribution in [0.5, 0.6) is 0 Å². The molecule has 0 unspecified atom stereocenters. The molecule has 0 saturated carbocycles. The summed E-state index contributed by atoms with van der Waals surface area (Å²) in [5.41, 5.74) is 11.9. The van der Waals surface area contributed by atoms with E-state index >= 15 is 0 Å². The van der Waals surface area contributed by atoms with Gasteiger partial charge in [0.2, 0.25) is 6.71 Å². The molecule has 41 heavy (non-hydrogen) atoms. The molecule has 1 aliphatic heterocycles. The van der Waals surface area contributed by atoms with E-state index in [1.54, 1.807) is 0 Å². The van der Waals surface area contributed by atoms with Crippen LogP contribution in [0.1, 0.15) is 0 Å². The maximum Gasteiger partial charge on any atom is 0.244 e. The third-order valence-electron chi connectivity index (χ3n) is 9.10. The summed E-state index contributed by atoms with van der Waals surface area (Å²) >= 11 is 0. The maximum atomic E-state index is 2.49. The normalized spacial score (nSPS) is 12.3. The van der Waals surface area contributed by atoms with Gasteiger partial charge in [-0.25, -0.2) is 0 Å². The van der Waals surface area contributed by atoms with E-state index in [-0.39, 0.29) is 6.71 Å². The Morgan fingerprint density at radius 2 is 0.878 bits per heavy atom. The van der Waals surface area contributed by atoms with Gasteiger partial charge >= 0.3 is 0 Å². The van der Waals surface area contributed by atoms with E-state index in [4.69, 9.17) is 0 Å². The molecule has 0 fully saturated rings. The van der Waals surface area contributed by atoms with Crippen molar-refractivity contribution in [3.63, 3.8) is 0 Å². The summed E-state index contributed by atoms with van der Waals surface area (Å²) < 4.78 is 0. The average Bonchev–Trinajstić information content (AvgIpc) is 3.05. The van der Waals surface area contributed by atoms with Gasteiger partial charge in [0.25, 0.3) is 0 Å². The lowest BCUT2D eigenvalue weighted by atomic mass is 9.32. The molecule has 0 aliphatic carbocycles. The molecule has 0 saturated heterocycles. The molecule has 1 heteroatoms. The minimum atomic E-state index is 0.0829. The highest BCUT2D eigenvalue weighted by Gasteiger charge is 2.35. The van der Waals surface area contributed by atoms with E-state index in [0.29, 0.717) is 0 Å². The zero-order valence-corrected chi connectivity index (χ0v) is 22.5. The summed E-state index contributed by atoms with van der Waals surface area (Å²) in [6.07, 6.45) is 0. The monoisotopic (exact) mass is 516 g/mol. The van der Waals surface area contributed by atoms with Crippen LogP contribution < -0.4 is 16.4 Å². The van der Waals surface area contributed by atoms with Crippen LogP contribution in [0.2, 0.25) is 0 Å². The van der Waals surface area contributed by atoms with Crippen LogP contribution >= 0.6 is 0 Å². The molecule has 8 aromatic carbocycles. The van der Waals surface area contributed by atoms with Crippen LogP contribution in [0, 0.1) is 0 Å². The Labute approximate surface area is 240 Å².